The second-order valence-corrected chi connectivity index (χ2v) is 6.42. The van der Waals surface area contributed by atoms with E-state index in [0.717, 1.165) is 23.3 Å². The molecule has 0 aromatic heterocycles. The normalized spacial score (nSPS) is 12.1. The molecule has 4 nitrogen and oxygen atoms in total. The molecule has 0 bridgehead atoms. The van der Waals surface area contributed by atoms with Gasteiger partial charge in [0.2, 0.25) is 0 Å². The highest BCUT2D eigenvalue weighted by atomic mass is 16.7. The van der Waals surface area contributed by atoms with Gasteiger partial charge in [0.05, 0.1) is 24.8 Å². The smallest absolute Gasteiger partial charge is 0.189 e. The van der Waals surface area contributed by atoms with Gasteiger partial charge in [-0.05, 0) is 41.8 Å². The molecule has 0 N–H and O–H groups in total. The molecule has 1 unspecified atom stereocenters. The zero-order valence-electron chi connectivity index (χ0n) is 15.1. The predicted octanol–water partition coefficient (Wildman–Crippen LogP) is 5.91. The summed E-state index contributed by atoms with van der Waals surface area (Å²) in [6.45, 7) is 5.76. The molecular weight excluding hydrogens is 338 g/mol. The van der Waals surface area contributed by atoms with Crippen molar-refractivity contribution < 1.29 is 14.2 Å². The average Bonchev–Trinajstić information content (AvgIpc) is 2.66. The van der Waals surface area contributed by atoms with Gasteiger partial charge in [0.25, 0.3) is 0 Å². The number of ether oxygens (including phenoxy) is 3. The van der Waals surface area contributed by atoms with Crippen molar-refractivity contribution in [3.8, 4) is 22.9 Å². The number of hydrogen-bond donors (Lipinski definition) is 0. The molecule has 2 aromatic carbocycles. The van der Waals surface area contributed by atoms with E-state index in [9.17, 15) is 0 Å². The van der Waals surface area contributed by atoms with E-state index in [2.05, 4.69) is 19.9 Å². The topological polar surface area (TPSA) is 51.5 Å². The standard InChI is InChI=1S/C21H25NO3.2CH4/c1-4-21(2,14-23-3)15-24-16-25-20-11-9-19(10-12-20)18-7-5-17(13-22)6-8-18;;/h5-12H,4,14-16H2,1-3H3;2*1H4. The second-order valence-electron chi connectivity index (χ2n) is 6.42. The molecule has 4 heteroatoms. The quantitative estimate of drug-likeness (QED) is 0.406. The van der Waals surface area contributed by atoms with E-state index >= 15 is 0 Å². The van der Waals surface area contributed by atoms with Gasteiger partial charge in [-0.3, -0.25) is 0 Å². The highest BCUT2D eigenvalue weighted by molar-refractivity contribution is 5.64. The van der Waals surface area contributed by atoms with Crippen molar-refractivity contribution in [3.05, 3.63) is 54.1 Å². The first-order valence-corrected chi connectivity index (χ1v) is 8.40. The van der Waals surface area contributed by atoms with Crippen LogP contribution in [-0.2, 0) is 9.47 Å². The van der Waals surface area contributed by atoms with Crippen LogP contribution in [0.1, 0.15) is 40.7 Å². The summed E-state index contributed by atoms with van der Waals surface area (Å²) in [7, 11) is 1.71. The van der Waals surface area contributed by atoms with Gasteiger partial charge in [0.1, 0.15) is 5.75 Å². The molecule has 0 aliphatic carbocycles. The van der Waals surface area contributed by atoms with E-state index in [1.165, 1.54) is 0 Å². The molecule has 27 heavy (non-hydrogen) atoms. The number of hydrogen-bond acceptors (Lipinski definition) is 4. The highest BCUT2D eigenvalue weighted by Gasteiger charge is 2.22. The van der Waals surface area contributed by atoms with Crippen LogP contribution in [0, 0.1) is 16.7 Å². The molecule has 2 aromatic rings. The van der Waals surface area contributed by atoms with Crippen LogP contribution < -0.4 is 4.74 Å². The van der Waals surface area contributed by atoms with Gasteiger partial charge in [0.15, 0.2) is 6.79 Å². The molecule has 0 saturated heterocycles. The first kappa shape index (κ1) is 24.7. The number of nitriles is 1. The molecule has 2 rings (SSSR count). The van der Waals surface area contributed by atoms with Gasteiger partial charge < -0.3 is 14.2 Å². The van der Waals surface area contributed by atoms with E-state index < -0.39 is 0 Å². The number of methoxy groups -OCH3 is 1. The number of benzene rings is 2. The van der Waals surface area contributed by atoms with Gasteiger partial charge in [-0.15, -0.1) is 0 Å². The van der Waals surface area contributed by atoms with E-state index in [1.807, 2.05) is 48.5 Å². The Kier molecular flexibility index (Phi) is 11.1. The monoisotopic (exact) mass is 371 g/mol. The average molecular weight is 372 g/mol. The van der Waals surface area contributed by atoms with E-state index in [0.29, 0.717) is 18.8 Å². The molecule has 0 aliphatic rings. The maximum Gasteiger partial charge on any atom is 0.189 e. The molecule has 0 spiro atoms. The SMILES string of the molecule is C.C.CCC(C)(COC)COCOc1ccc(-c2ccc(C#N)cc2)cc1. The van der Waals surface area contributed by atoms with Crippen molar-refractivity contribution in [1.29, 1.82) is 5.26 Å². The Labute approximate surface area is 164 Å². The third-order valence-corrected chi connectivity index (χ3v) is 4.31. The molecule has 0 radical (unpaired) electrons. The molecular formula is C23H33NO3. The fourth-order valence-electron chi connectivity index (χ4n) is 2.47. The van der Waals surface area contributed by atoms with Crippen LogP contribution in [-0.4, -0.2) is 27.1 Å². The van der Waals surface area contributed by atoms with Crippen molar-refractivity contribution in [2.45, 2.75) is 35.1 Å². The van der Waals surface area contributed by atoms with Crippen molar-refractivity contribution in [2.24, 2.45) is 5.41 Å². The fraction of sp³-hybridized carbons (Fsp3) is 0.435. The van der Waals surface area contributed by atoms with Crippen molar-refractivity contribution in [3.63, 3.8) is 0 Å². The number of rotatable bonds is 9. The maximum atomic E-state index is 8.85. The Hall–Kier alpha value is -2.35. The van der Waals surface area contributed by atoms with Crippen LogP contribution in [0.5, 0.6) is 5.75 Å². The zero-order valence-corrected chi connectivity index (χ0v) is 15.1. The molecule has 0 heterocycles. The fourth-order valence-corrected chi connectivity index (χ4v) is 2.47. The largest absolute Gasteiger partial charge is 0.468 e. The summed E-state index contributed by atoms with van der Waals surface area (Å²) in [6, 6.07) is 17.5. The first-order chi connectivity index (χ1) is 12.1. The summed E-state index contributed by atoms with van der Waals surface area (Å²) >= 11 is 0. The van der Waals surface area contributed by atoms with Crippen LogP contribution in [0.15, 0.2) is 48.5 Å². The Bertz CT molecular complexity index is 689. The summed E-state index contributed by atoms with van der Waals surface area (Å²) in [5.74, 6) is 0.766. The first-order valence-electron chi connectivity index (χ1n) is 8.40. The minimum Gasteiger partial charge on any atom is -0.468 e. The zero-order chi connectivity index (χ0) is 18.1. The predicted molar refractivity (Wildman–Crippen MR) is 112 cm³/mol. The summed E-state index contributed by atoms with van der Waals surface area (Å²) in [6.07, 6.45) is 0.986. The number of nitrogens with zero attached hydrogens (tertiary/aromatic N) is 1. The van der Waals surface area contributed by atoms with Crippen molar-refractivity contribution in [1.82, 2.24) is 0 Å². The third-order valence-electron chi connectivity index (χ3n) is 4.31. The Morgan fingerprint density at radius 2 is 1.48 bits per heavy atom. The van der Waals surface area contributed by atoms with Crippen LogP contribution in [0.25, 0.3) is 11.1 Å². The van der Waals surface area contributed by atoms with E-state index in [1.54, 1.807) is 7.11 Å². The summed E-state index contributed by atoms with van der Waals surface area (Å²) < 4.78 is 16.5. The lowest BCUT2D eigenvalue weighted by molar-refractivity contribution is -0.0499. The highest BCUT2D eigenvalue weighted by Crippen LogP contribution is 2.24. The maximum absolute atomic E-state index is 8.85. The lowest BCUT2D eigenvalue weighted by atomic mass is 9.90. The third kappa shape index (κ3) is 7.42. The van der Waals surface area contributed by atoms with Crippen LogP contribution in [0.4, 0.5) is 0 Å². The van der Waals surface area contributed by atoms with Crippen molar-refractivity contribution >= 4 is 0 Å². The Morgan fingerprint density at radius 3 is 1.96 bits per heavy atom. The van der Waals surface area contributed by atoms with Crippen LogP contribution in [0.3, 0.4) is 0 Å². The molecule has 0 fully saturated rings. The van der Waals surface area contributed by atoms with Gasteiger partial charge >= 0.3 is 0 Å². The Morgan fingerprint density at radius 1 is 0.926 bits per heavy atom. The van der Waals surface area contributed by atoms with E-state index in [4.69, 9.17) is 19.5 Å². The minimum absolute atomic E-state index is 0. The molecule has 1 atom stereocenters. The lowest BCUT2D eigenvalue weighted by Gasteiger charge is -2.26. The lowest BCUT2D eigenvalue weighted by Crippen LogP contribution is -2.28. The van der Waals surface area contributed by atoms with Crippen molar-refractivity contribution in [2.75, 3.05) is 27.1 Å². The van der Waals surface area contributed by atoms with Gasteiger partial charge in [-0.1, -0.05) is 53.0 Å². The molecule has 148 valence electrons. The minimum atomic E-state index is 0. The summed E-state index contributed by atoms with van der Waals surface area (Å²) in [5.41, 5.74) is 2.82. The Balaban J connectivity index is 0.00000338. The van der Waals surface area contributed by atoms with Crippen LogP contribution in [0.2, 0.25) is 0 Å². The van der Waals surface area contributed by atoms with Gasteiger partial charge in [-0.2, -0.15) is 5.26 Å². The summed E-state index contributed by atoms with van der Waals surface area (Å²) in [4.78, 5) is 0. The molecule has 0 amide bonds. The molecule has 0 aliphatic heterocycles. The summed E-state index contributed by atoms with van der Waals surface area (Å²) in [5, 5.41) is 8.85. The molecule has 0 saturated carbocycles. The van der Waals surface area contributed by atoms with Gasteiger partial charge in [-0.25, -0.2) is 0 Å². The van der Waals surface area contributed by atoms with E-state index in [-0.39, 0.29) is 27.1 Å². The second kappa shape index (κ2) is 12.1. The van der Waals surface area contributed by atoms with Crippen LogP contribution >= 0.6 is 0 Å². The van der Waals surface area contributed by atoms with Gasteiger partial charge in [0, 0.05) is 12.5 Å².